The molecule has 0 aromatic heterocycles. The van der Waals surface area contributed by atoms with E-state index in [0.29, 0.717) is 41.4 Å². The molecule has 38 heavy (non-hydrogen) atoms. The monoisotopic (exact) mass is 518 g/mol. The number of benzene rings is 3. The van der Waals surface area contributed by atoms with Crippen molar-refractivity contribution in [2.75, 3.05) is 19.7 Å². The lowest BCUT2D eigenvalue weighted by molar-refractivity contribution is -0.134. The predicted molar refractivity (Wildman–Crippen MR) is 146 cm³/mol. The number of likely N-dealkylation sites (tertiary alicyclic amines) is 1. The van der Waals surface area contributed by atoms with E-state index in [1.54, 1.807) is 18.2 Å². The second-order valence-electron chi connectivity index (χ2n) is 10.1. The second-order valence-corrected chi connectivity index (χ2v) is 10.1. The van der Waals surface area contributed by atoms with Crippen LogP contribution in [0.3, 0.4) is 0 Å². The number of phenols is 1. The smallest absolute Gasteiger partial charge is 0.260 e. The van der Waals surface area contributed by atoms with Crippen molar-refractivity contribution in [3.63, 3.8) is 0 Å². The Bertz CT molecular complexity index is 1250. The minimum absolute atomic E-state index is 0.0544. The van der Waals surface area contributed by atoms with E-state index in [1.165, 1.54) is 17.7 Å². The van der Waals surface area contributed by atoms with Crippen molar-refractivity contribution < 1.29 is 23.8 Å². The Morgan fingerprint density at radius 1 is 1.03 bits per heavy atom. The van der Waals surface area contributed by atoms with Crippen LogP contribution in [0, 0.1) is 11.7 Å². The van der Waals surface area contributed by atoms with Crippen molar-refractivity contribution in [2.24, 2.45) is 5.92 Å². The molecule has 0 radical (unpaired) electrons. The quantitative estimate of drug-likeness (QED) is 0.387. The van der Waals surface area contributed by atoms with Crippen LogP contribution in [-0.2, 0) is 11.2 Å². The fourth-order valence-corrected chi connectivity index (χ4v) is 4.80. The molecule has 0 unspecified atom stereocenters. The van der Waals surface area contributed by atoms with E-state index < -0.39 is 5.82 Å². The maximum Gasteiger partial charge on any atom is 0.260 e. The van der Waals surface area contributed by atoms with Crippen LogP contribution in [0.15, 0.2) is 66.7 Å². The number of ether oxygens (including phenoxy) is 1. The molecule has 0 aliphatic carbocycles. The number of aromatic hydroxyl groups is 1. The number of piperidine rings is 1. The molecule has 2 amide bonds. The van der Waals surface area contributed by atoms with Gasteiger partial charge in [0.15, 0.2) is 6.61 Å². The number of aryl methyl sites for hydroxylation is 1. The fourth-order valence-electron chi connectivity index (χ4n) is 4.80. The largest absolute Gasteiger partial charge is 0.507 e. The van der Waals surface area contributed by atoms with E-state index in [4.69, 9.17) is 4.74 Å². The summed E-state index contributed by atoms with van der Waals surface area (Å²) in [5, 5.41) is 13.2. The van der Waals surface area contributed by atoms with Gasteiger partial charge in [0, 0.05) is 41.9 Å². The molecule has 1 aliphatic rings. The maximum absolute atomic E-state index is 13.6. The summed E-state index contributed by atoms with van der Waals surface area (Å²) in [4.78, 5) is 27.4. The number of nitrogens with one attached hydrogen (secondary N) is 1. The molecule has 200 valence electrons. The average Bonchev–Trinajstić information content (AvgIpc) is 2.91. The van der Waals surface area contributed by atoms with Gasteiger partial charge in [-0.2, -0.15) is 0 Å². The van der Waals surface area contributed by atoms with Crippen LogP contribution in [-0.4, -0.2) is 47.6 Å². The Kier molecular flexibility index (Phi) is 9.00. The number of rotatable bonds is 9. The van der Waals surface area contributed by atoms with Crippen molar-refractivity contribution in [3.05, 3.63) is 83.7 Å². The normalized spacial score (nSPS) is 13.9. The molecule has 3 aromatic rings. The van der Waals surface area contributed by atoms with Gasteiger partial charge in [0.2, 0.25) is 0 Å². The summed E-state index contributed by atoms with van der Waals surface area (Å²) in [6.45, 7) is 4.95. The molecule has 7 heteroatoms. The van der Waals surface area contributed by atoms with E-state index >= 15 is 0 Å². The lowest BCUT2D eigenvalue weighted by Gasteiger charge is -2.32. The summed E-state index contributed by atoms with van der Waals surface area (Å²) in [6.07, 6.45) is 4.09. The van der Waals surface area contributed by atoms with Crippen LogP contribution in [0.4, 0.5) is 4.39 Å². The van der Waals surface area contributed by atoms with Gasteiger partial charge in [-0.3, -0.25) is 9.59 Å². The van der Waals surface area contributed by atoms with Gasteiger partial charge in [0.05, 0.1) is 0 Å². The van der Waals surface area contributed by atoms with Crippen molar-refractivity contribution in [3.8, 4) is 22.6 Å². The molecule has 1 saturated heterocycles. The van der Waals surface area contributed by atoms with Gasteiger partial charge in [-0.15, -0.1) is 0 Å². The molecule has 0 bridgehead atoms. The second kappa shape index (κ2) is 12.6. The first kappa shape index (κ1) is 27.2. The summed E-state index contributed by atoms with van der Waals surface area (Å²) in [6, 6.07) is 18.9. The molecule has 1 heterocycles. The van der Waals surface area contributed by atoms with Gasteiger partial charge in [0.1, 0.15) is 17.3 Å². The lowest BCUT2D eigenvalue weighted by atomic mass is 9.90. The predicted octanol–water partition coefficient (Wildman–Crippen LogP) is 5.59. The topological polar surface area (TPSA) is 78.9 Å². The average molecular weight is 519 g/mol. The van der Waals surface area contributed by atoms with Gasteiger partial charge in [-0.1, -0.05) is 30.3 Å². The first-order valence-electron chi connectivity index (χ1n) is 13.2. The number of hydrogen-bond acceptors (Lipinski definition) is 4. The highest BCUT2D eigenvalue weighted by molar-refractivity contribution is 5.96. The summed E-state index contributed by atoms with van der Waals surface area (Å²) < 4.78 is 19.5. The summed E-state index contributed by atoms with van der Waals surface area (Å²) >= 11 is 0. The van der Waals surface area contributed by atoms with Gasteiger partial charge >= 0.3 is 0 Å². The third-order valence-electron chi connectivity index (χ3n) is 6.91. The van der Waals surface area contributed by atoms with Crippen LogP contribution < -0.4 is 10.1 Å². The van der Waals surface area contributed by atoms with Crippen molar-refractivity contribution in [1.82, 2.24) is 10.2 Å². The van der Waals surface area contributed by atoms with Gasteiger partial charge in [-0.05, 0) is 81.3 Å². The van der Waals surface area contributed by atoms with Crippen LogP contribution in [0.5, 0.6) is 11.5 Å². The minimum atomic E-state index is -0.579. The number of carbonyl (C=O) groups is 2. The van der Waals surface area contributed by atoms with E-state index in [1.807, 2.05) is 24.8 Å². The highest BCUT2D eigenvalue weighted by Gasteiger charge is 2.24. The van der Waals surface area contributed by atoms with Crippen LogP contribution >= 0.6 is 0 Å². The zero-order chi connectivity index (χ0) is 27.1. The lowest BCUT2D eigenvalue weighted by Crippen LogP contribution is -2.41. The SMILES string of the molecule is CC(C)NC(=O)c1ccc(OCC(=O)N2CCC(CCc3ccccc3)CC2)c(-c2ccc(F)cc2O)c1. The third-order valence-corrected chi connectivity index (χ3v) is 6.91. The van der Waals surface area contributed by atoms with Crippen LogP contribution in [0.2, 0.25) is 0 Å². The standard InChI is InChI=1S/C31H35FN2O4/c1-21(2)33-31(37)24-10-13-29(27(18-24)26-12-11-25(32)19-28(26)35)38-20-30(36)34-16-14-23(15-17-34)9-8-22-6-4-3-5-7-22/h3-7,10-13,18-19,21,23,35H,8-9,14-17,20H2,1-2H3,(H,33,37). The molecule has 0 atom stereocenters. The first-order chi connectivity index (χ1) is 18.3. The van der Waals surface area contributed by atoms with Gasteiger partial charge in [-0.25, -0.2) is 4.39 Å². The molecule has 6 nitrogen and oxygen atoms in total. The summed E-state index contributed by atoms with van der Waals surface area (Å²) in [5.41, 5.74) is 2.43. The van der Waals surface area contributed by atoms with Crippen LogP contribution in [0.1, 0.15) is 49.0 Å². The summed E-state index contributed by atoms with van der Waals surface area (Å²) in [7, 11) is 0. The summed E-state index contributed by atoms with van der Waals surface area (Å²) in [5.74, 6) is -0.315. The van der Waals surface area contributed by atoms with E-state index in [9.17, 15) is 19.1 Å². The van der Waals surface area contributed by atoms with Gasteiger partial charge < -0.3 is 20.1 Å². The first-order valence-corrected chi connectivity index (χ1v) is 13.2. The highest BCUT2D eigenvalue weighted by atomic mass is 19.1. The maximum atomic E-state index is 13.6. The zero-order valence-corrected chi connectivity index (χ0v) is 22.0. The minimum Gasteiger partial charge on any atom is -0.507 e. The van der Waals surface area contributed by atoms with Crippen molar-refractivity contribution >= 4 is 11.8 Å². The van der Waals surface area contributed by atoms with Crippen LogP contribution in [0.25, 0.3) is 11.1 Å². The molecule has 2 N–H and O–H groups in total. The Balaban J connectivity index is 1.40. The number of carbonyl (C=O) groups excluding carboxylic acids is 2. The molecule has 0 saturated carbocycles. The fraction of sp³-hybridized carbons (Fsp3) is 0.355. The Labute approximate surface area is 223 Å². The number of nitrogens with zero attached hydrogens (tertiary/aromatic N) is 1. The zero-order valence-electron chi connectivity index (χ0n) is 22.0. The molecular weight excluding hydrogens is 483 g/mol. The van der Waals surface area contributed by atoms with E-state index in [-0.39, 0.29) is 30.2 Å². The van der Waals surface area contributed by atoms with E-state index in [0.717, 1.165) is 31.7 Å². The number of amides is 2. The Morgan fingerprint density at radius 2 is 1.76 bits per heavy atom. The molecule has 1 aliphatic heterocycles. The molecule has 4 rings (SSSR count). The molecule has 0 spiro atoms. The third kappa shape index (κ3) is 7.12. The molecular formula is C31H35FN2O4. The van der Waals surface area contributed by atoms with Crippen molar-refractivity contribution in [2.45, 2.75) is 45.6 Å². The highest BCUT2D eigenvalue weighted by Crippen LogP contribution is 2.37. The molecule has 1 fully saturated rings. The van der Waals surface area contributed by atoms with Crippen molar-refractivity contribution in [1.29, 1.82) is 0 Å². The number of halogens is 1. The Morgan fingerprint density at radius 3 is 2.45 bits per heavy atom. The van der Waals surface area contributed by atoms with Gasteiger partial charge in [0.25, 0.3) is 11.8 Å². The van der Waals surface area contributed by atoms with E-state index in [2.05, 4.69) is 29.6 Å². The Hall–Kier alpha value is -3.87. The number of phenolic OH excluding ortho intramolecular Hbond substituents is 1. The number of hydrogen-bond donors (Lipinski definition) is 2. The molecule has 3 aromatic carbocycles.